The van der Waals surface area contributed by atoms with E-state index >= 15 is 0 Å². The van der Waals surface area contributed by atoms with Gasteiger partial charge in [0.1, 0.15) is 5.82 Å². The minimum Gasteiger partial charge on any atom is -0.317 e. The third-order valence-electron chi connectivity index (χ3n) is 5.47. The minimum absolute atomic E-state index is 0. The Bertz CT molecular complexity index is 513. The van der Waals surface area contributed by atoms with Gasteiger partial charge in [-0.05, 0) is 86.3 Å². The van der Waals surface area contributed by atoms with E-state index in [9.17, 15) is 4.39 Å². The molecule has 1 atom stereocenters. The van der Waals surface area contributed by atoms with Crippen LogP contribution >= 0.6 is 24.8 Å². The van der Waals surface area contributed by atoms with Gasteiger partial charge in [0.15, 0.2) is 0 Å². The highest BCUT2D eigenvalue weighted by molar-refractivity contribution is 5.85. The predicted molar refractivity (Wildman–Crippen MR) is 92.8 cm³/mol. The van der Waals surface area contributed by atoms with Crippen molar-refractivity contribution in [3.63, 3.8) is 0 Å². The Morgan fingerprint density at radius 1 is 1.18 bits per heavy atom. The molecule has 2 aliphatic carbocycles. The van der Waals surface area contributed by atoms with Gasteiger partial charge in [0, 0.05) is 6.04 Å². The van der Waals surface area contributed by atoms with Crippen LogP contribution in [0.4, 0.5) is 4.39 Å². The fourth-order valence-corrected chi connectivity index (χ4v) is 4.09. The van der Waals surface area contributed by atoms with Crippen LogP contribution in [0.5, 0.6) is 0 Å². The van der Waals surface area contributed by atoms with Crippen LogP contribution in [-0.4, -0.2) is 19.6 Å². The first-order valence-corrected chi connectivity index (χ1v) is 8.01. The van der Waals surface area contributed by atoms with Gasteiger partial charge in [0.25, 0.3) is 0 Å². The van der Waals surface area contributed by atoms with Crippen molar-refractivity contribution in [3.05, 3.63) is 35.1 Å². The van der Waals surface area contributed by atoms with Crippen molar-refractivity contribution in [3.8, 4) is 0 Å². The number of hydrogen-bond donors (Lipinski definition) is 2. The number of piperidine rings is 1. The average molecular weight is 347 g/mol. The zero-order valence-electron chi connectivity index (χ0n) is 12.7. The lowest BCUT2D eigenvalue weighted by Gasteiger charge is -2.35. The number of fused-ring (bicyclic) bond motifs is 2. The molecule has 2 fully saturated rings. The Balaban J connectivity index is 0.000000882. The Kier molecular flexibility index (Phi) is 5.76. The zero-order valence-corrected chi connectivity index (χ0v) is 14.4. The Morgan fingerprint density at radius 2 is 1.91 bits per heavy atom. The van der Waals surface area contributed by atoms with E-state index in [1.165, 1.54) is 24.0 Å². The van der Waals surface area contributed by atoms with Crippen molar-refractivity contribution in [2.24, 2.45) is 5.92 Å². The first-order chi connectivity index (χ1) is 9.77. The lowest BCUT2D eigenvalue weighted by Crippen LogP contribution is -2.39. The zero-order chi connectivity index (χ0) is 13.6. The van der Waals surface area contributed by atoms with Gasteiger partial charge in [-0.15, -0.1) is 24.8 Å². The first-order valence-electron chi connectivity index (χ1n) is 8.01. The molecule has 0 amide bonds. The lowest BCUT2D eigenvalue weighted by molar-refractivity contribution is 0.281. The van der Waals surface area contributed by atoms with Crippen LogP contribution in [0.3, 0.4) is 0 Å². The van der Waals surface area contributed by atoms with Gasteiger partial charge in [-0.2, -0.15) is 0 Å². The molecule has 1 saturated carbocycles. The van der Waals surface area contributed by atoms with Gasteiger partial charge >= 0.3 is 0 Å². The third kappa shape index (κ3) is 3.28. The van der Waals surface area contributed by atoms with Crippen molar-refractivity contribution < 1.29 is 4.39 Å². The van der Waals surface area contributed by atoms with E-state index in [4.69, 9.17) is 0 Å². The van der Waals surface area contributed by atoms with Gasteiger partial charge in [-0.1, -0.05) is 6.07 Å². The summed E-state index contributed by atoms with van der Waals surface area (Å²) in [5.74, 6) is 0.813. The summed E-state index contributed by atoms with van der Waals surface area (Å²) >= 11 is 0. The maximum absolute atomic E-state index is 13.7. The quantitative estimate of drug-likeness (QED) is 0.871. The number of rotatable bonds is 3. The summed E-state index contributed by atoms with van der Waals surface area (Å²) in [5.41, 5.74) is 2.85. The van der Waals surface area contributed by atoms with Crippen molar-refractivity contribution in [2.45, 2.75) is 43.6 Å². The van der Waals surface area contributed by atoms with E-state index in [-0.39, 0.29) is 36.0 Å². The van der Waals surface area contributed by atoms with Crippen molar-refractivity contribution in [1.29, 1.82) is 0 Å². The van der Waals surface area contributed by atoms with Gasteiger partial charge in [-0.3, -0.25) is 0 Å². The second-order valence-electron chi connectivity index (χ2n) is 6.87. The lowest BCUT2D eigenvalue weighted by atomic mass is 9.74. The molecule has 1 spiro atoms. The molecule has 2 N–H and O–H groups in total. The summed E-state index contributed by atoms with van der Waals surface area (Å²) in [6.07, 6.45) is 6.20. The summed E-state index contributed by atoms with van der Waals surface area (Å²) in [7, 11) is 0. The topological polar surface area (TPSA) is 24.1 Å². The molecule has 22 heavy (non-hydrogen) atoms. The second-order valence-corrected chi connectivity index (χ2v) is 6.87. The van der Waals surface area contributed by atoms with E-state index in [2.05, 4.69) is 10.6 Å². The normalized spacial score (nSPS) is 25.2. The van der Waals surface area contributed by atoms with Crippen LogP contribution in [0.25, 0.3) is 0 Å². The molecule has 124 valence electrons. The number of nitrogens with one attached hydrogen (secondary N) is 2. The number of halogens is 3. The highest BCUT2D eigenvalue weighted by Crippen LogP contribution is 2.50. The van der Waals surface area contributed by atoms with E-state index in [0.29, 0.717) is 6.04 Å². The van der Waals surface area contributed by atoms with Crippen molar-refractivity contribution >= 4 is 24.8 Å². The predicted octanol–water partition coefficient (Wildman–Crippen LogP) is 3.73. The molecule has 5 heteroatoms. The highest BCUT2D eigenvalue weighted by Gasteiger charge is 2.44. The molecule has 1 heterocycles. The molecule has 0 bridgehead atoms. The SMILES string of the molecule is Cl.Cl.Fc1ccc2c(c1)C1(CCNCC1)CC2NCC1CC1. The van der Waals surface area contributed by atoms with Crippen LogP contribution in [0.2, 0.25) is 0 Å². The van der Waals surface area contributed by atoms with Gasteiger partial charge in [0.2, 0.25) is 0 Å². The summed E-state index contributed by atoms with van der Waals surface area (Å²) in [6.45, 7) is 3.26. The van der Waals surface area contributed by atoms with Crippen LogP contribution in [-0.2, 0) is 5.41 Å². The van der Waals surface area contributed by atoms with Crippen molar-refractivity contribution in [1.82, 2.24) is 10.6 Å². The Hall–Kier alpha value is -0.350. The van der Waals surface area contributed by atoms with Gasteiger partial charge < -0.3 is 10.6 Å². The summed E-state index contributed by atoms with van der Waals surface area (Å²) in [6, 6.07) is 5.89. The minimum atomic E-state index is -0.0792. The Morgan fingerprint density at radius 3 is 2.59 bits per heavy atom. The maximum atomic E-state index is 13.7. The summed E-state index contributed by atoms with van der Waals surface area (Å²) in [5, 5.41) is 7.19. The monoisotopic (exact) mass is 346 g/mol. The van der Waals surface area contributed by atoms with E-state index < -0.39 is 0 Å². The van der Waals surface area contributed by atoms with E-state index in [1.807, 2.05) is 6.07 Å². The molecule has 1 aromatic rings. The van der Waals surface area contributed by atoms with E-state index in [1.54, 1.807) is 12.1 Å². The van der Waals surface area contributed by atoms with Crippen LogP contribution in [0, 0.1) is 11.7 Å². The largest absolute Gasteiger partial charge is 0.317 e. The highest BCUT2D eigenvalue weighted by atomic mass is 35.5. The molecule has 2 nitrogen and oxygen atoms in total. The fourth-order valence-electron chi connectivity index (χ4n) is 4.09. The van der Waals surface area contributed by atoms with Crippen molar-refractivity contribution in [2.75, 3.05) is 19.6 Å². The summed E-state index contributed by atoms with van der Waals surface area (Å²) in [4.78, 5) is 0. The molecule has 1 unspecified atom stereocenters. The molecule has 0 radical (unpaired) electrons. The molecule has 3 aliphatic rings. The molecule has 4 rings (SSSR count). The number of hydrogen-bond acceptors (Lipinski definition) is 2. The first kappa shape index (κ1) is 18.0. The molecule has 0 aromatic heterocycles. The standard InChI is InChI=1S/C17H23FN2.2ClH/c18-13-3-4-14-15(9-13)17(5-7-19-8-6-17)10-16(14)20-11-12-1-2-12;;/h3-4,9,12,16,19-20H,1-2,5-8,10-11H2;2*1H. The van der Waals surface area contributed by atoms with Gasteiger partial charge in [0.05, 0.1) is 0 Å². The van der Waals surface area contributed by atoms with Crippen LogP contribution in [0.15, 0.2) is 18.2 Å². The smallest absolute Gasteiger partial charge is 0.123 e. The molecular weight excluding hydrogens is 322 g/mol. The van der Waals surface area contributed by atoms with E-state index in [0.717, 1.165) is 44.8 Å². The third-order valence-corrected chi connectivity index (χ3v) is 5.47. The molecule has 1 aromatic carbocycles. The number of benzene rings is 1. The maximum Gasteiger partial charge on any atom is 0.123 e. The fraction of sp³-hybridized carbons (Fsp3) is 0.647. The molecule has 1 saturated heterocycles. The molecule has 1 aliphatic heterocycles. The second kappa shape index (κ2) is 7.04. The van der Waals surface area contributed by atoms with Crippen LogP contribution < -0.4 is 10.6 Å². The Labute approximate surface area is 144 Å². The van der Waals surface area contributed by atoms with Gasteiger partial charge in [-0.25, -0.2) is 4.39 Å². The summed E-state index contributed by atoms with van der Waals surface area (Å²) < 4.78 is 13.7. The molecular formula is C17H25Cl2FN2. The average Bonchev–Trinajstić information content (AvgIpc) is 3.25. The van der Waals surface area contributed by atoms with Crippen LogP contribution in [0.1, 0.15) is 49.3 Å².